The number of pyridine rings is 1. The Bertz CT molecular complexity index is 581. The second kappa shape index (κ2) is 7.75. The molecule has 3 rings (SSSR count). The normalized spacial score (nSPS) is 24.0. The summed E-state index contributed by atoms with van der Waals surface area (Å²) >= 11 is 0. The van der Waals surface area contributed by atoms with Gasteiger partial charge in [-0.3, -0.25) is 9.59 Å². The highest BCUT2D eigenvalue weighted by molar-refractivity contribution is 5.92. The van der Waals surface area contributed by atoms with Crippen LogP contribution >= 0.6 is 0 Å². The first kappa shape index (κ1) is 16.9. The van der Waals surface area contributed by atoms with Crippen LogP contribution in [-0.4, -0.2) is 47.4 Å². The fourth-order valence-corrected chi connectivity index (χ4v) is 3.46. The van der Waals surface area contributed by atoms with Gasteiger partial charge in [0.05, 0.1) is 5.92 Å². The molecule has 6 heteroatoms. The van der Waals surface area contributed by atoms with Crippen molar-refractivity contribution < 1.29 is 9.59 Å². The molecule has 1 aromatic heterocycles. The third kappa shape index (κ3) is 4.32. The second-order valence-corrected chi connectivity index (χ2v) is 6.89. The number of anilines is 1. The number of carbonyl (C=O) groups excluding carboxylic acids is 2. The number of likely N-dealkylation sites (tertiary alicyclic amines) is 1. The first-order valence-corrected chi connectivity index (χ1v) is 8.86. The number of nitrogens with one attached hydrogen (secondary N) is 2. The number of aromatic nitrogens is 1. The van der Waals surface area contributed by atoms with Gasteiger partial charge in [-0.2, -0.15) is 0 Å². The lowest BCUT2D eigenvalue weighted by Crippen LogP contribution is -2.45. The van der Waals surface area contributed by atoms with Crippen molar-refractivity contribution in [3.8, 4) is 0 Å². The van der Waals surface area contributed by atoms with Crippen molar-refractivity contribution in [2.75, 3.05) is 25.0 Å². The molecule has 3 heterocycles. The quantitative estimate of drug-likeness (QED) is 0.881. The fourth-order valence-electron chi connectivity index (χ4n) is 3.46. The molecule has 2 fully saturated rings. The van der Waals surface area contributed by atoms with Gasteiger partial charge >= 0.3 is 0 Å². The van der Waals surface area contributed by atoms with E-state index in [0.29, 0.717) is 24.8 Å². The predicted octanol–water partition coefficient (Wildman–Crippen LogP) is 1.71. The van der Waals surface area contributed by atoms with Crippen LogP contribution in [0.5, 0.6) is 0 Å². The largest absolute Gasteiger partial charge is 0.342 e. The molecule has 0 aromatic carbocycles. The Hall–Kier alpha value is -1.95. The first-order valence-electron chi connectivity index (χ1n) is 8.86. The molecule has 0 spiro atoms. The van der Waals surface area contributed by atoms with E-state index in [1.54, 1.807) is 6.20 Å². The highest BCUT2D eigenvalue weighted by atomic mass is 16.2. The molecule has 2 unspecified atom stereocenters. The van der Waals surface area contributed by atoms with Crippen molar-refractivity contribution >= 4 is 17.6 Å². The first-order chi connectivity index (χ1) is 11.6. The van der Waals surface area contributed by atoms with Crippen molar-refractivity contribution in [1.29, 1.82) is 0 Å². The number of carbonyl (C=O) groups is 2. The summed E-state index contributed by atoms with van der Waals surface area (Å²) in [4.78, 5) is 31.0. The van der Waals surface area contributed by atoms with E-state index in [1.165, 1.54) is 0 Å². The van der Waals surface area contributed by atoms with Gasteiger partial charge in [-0.05, 0) is 50.8 Å². The zero-order chi connectivity index (χ0) is 16.9. The third-order valence-electron chi connectivity index (χ3n) is 4.89. The van der Waals surface area contributed by atoms with Crippen molar-refractivity contribution in [2.45, 2.75) is 45.1 Å². The van der Waals surface area contributed by atoms with Gasteiger partial charge in [-0.1, -0.05) is 6.07 Å². The summed E-state index contributed by atoms with van der Waals surface area (Å²) in [7, 11) is 0. The highest BCUT2D eigenvalue weighted by Gasteiger charge is 2.30. The summed E-state index contributed by atoms with van der Waals surface area (Å²) in [5.74, 6) is 0.551. The number of nitrogens with zero attached hydrogens (tertiary/aromatic N) is 2. The van der Waals surface area contributed by atoms with E-state index < -0.39 is 0 Å². The summed E-state index contributed by atoms with van der Waals surface area (Å²) in [6, 6.07) is 4.04. The maximum Gasteiger partial charge on any atom is 0.230 e. The minimum atomic E-state index is -0.151. The summed E-state index contributed by atoms with van der Waals surface area (Å²) in [6.07, 6.45) is 6.20. The Labute approximate surface area is 143 Å². The summed E-state index contributed by atoms with van der Waals surface area (Å²) in [5, 5.41) is 6.23. The minimum absolute atomic E-state index is 0.0390. The summed E-state index contributed by atoms with van der Waals surface area (Å²) in [6.45, 7) is 4.25. The predicted molar refractivity (Wildman–Crippen MR) is 92.5 cm³/mol. The number of hydrogen-bond donors (Lipinski definition) is 2. The molecule has 2 aliphatic rings. The average Bonchev–Trinajstić information content (AvgIpc) is 3.10. The van der Waals surface area contributed by atoms with Crippen LogP contribution in [0, 0.1) is 12.8 Å². The zero-order valence-electron chi connectivity index (χ0n) is 14.3. The van der Waals surface area contributed by atoms with Gasteiger partial charge in [-0.15, -0.1) is 0 Å². The van der Waals surface area contributed by atoms with E-state index in [1.807, 2.05) is 24.0 Å². The van der Waals surface area contributed by atoms with E-state index in [2.05, 4.69) is 15.6 Å². The molecular formula is C18H26N4O2. The van der Waals surface area contributed by atoms with Gasteiger partial charge in [0.15, 0.2) is 0 Å². The van der Waals surface area contributed by atoms with Crippen LogP contribution in [0.25, 0.3) is 0 Å². The number of amides is 2. The van der Waals surface area contributed by atoms with Gasteiger partial charge in [0, 0.05) is 31.7 Å². The van der Waals surface area contributed by atoms with E-state index in [9.17, 15) is 9.59 Å². The number of rotatable bonds is 4. The van der Waals surface area contributed by atoms with Gasteiger partial charge < -0.3 is 15.5 Å². The molecule has 2 saturated heterocycles. The molecular weight excluding hydrogens is 304 g/mol. The lowest BCUT2D eigenvalue weighted by molar-refractivity contribution is -0.135. The highest BCUT2D eigenvalue weighted by Crippen LogP contribution is 2.20. The lowest BCUT2D eigenvalue weighted by atomic mass is 9.96. The Morgan fingerprint density at radius 2 is 2.21 bits per heavy atom. The lowest BCUT2D eigenvalue weighted by Gasteiger charge is -2.32. The van der Waals surface area contributed by atoms with Gasteiger partial charge in [0.25, 0.3) is 0 Å². The Balaban J connectivity index is 1.53. The van der Waals surface area contributed by atoms with Crippen LogP contribution in [-0.2, 0) is 9.59 Å². The molecule has 1 aromatic rings. The third-order valence-corrected chi connectivity index (χ3v) is 4.89. The summed E-state index contributed by atoms with van der Waals surface area (Å²) < 4.78 is 0. The molecule has 2 aliphatic heterocycles. The monoisotopic (exact) mass is 330 g/mol. The van der Waals surface area contributed by atoms with Gasteiger partial charge in [0.2, 0.25) is 11.8 Å². The van der Waals surface area contributed by atoms with Crippen molar-refractivity contribution in [3.05, 3.63) is 23.9 Å². The molecule has 0 bridgehead atoms. The molecule has 2 atom stereocenters. The zero-order valence-corrected chi connectivity index (χ0v) is 14.3. The van der Waals surface area contributed by atoms with Crippen LogP contribution < -0.4 is 10.6 Å². The second-order valence-electron chi connectivity index (χ2n) is 6.89. The Morgan fingerprint density at radius 3 is 2.92 bits per heavy atom. The molecule has 0 aliphatic carbocycles. The minimum Gasteiger partial charge on any atom is -0.342 e. The molecule has 130 valence electrons. The average molecular weight is 330 g/mol. The van der Waals surface area contributed by atoms with Crippen LogP contribution in [0.4, 0.5) is 5.82 Å². The van der Waals surface area contributed by atoms with Crippen molar-refractivity contribution in [1.82, 2.24) is 15.2 Å². The molecule has 2 amide bonds. The Morgan fingerprint density at radius 1 is 1.33 bits per heavy atom. The Kier molecular flexibility index (Phi) is 5.45. The van der Waals surface area contributed by atoms with Gasteiger partial charge in [0.1, 0.15) is 5.82 Å². The number of hydrogen-bond acceptors (Lipinski definition) is 4. The molecule has 0 radical (unpaired) electrons. The smallest absolute Gasteiger partial charge is 0.230 e. The van der Waals surface area contributed by atoms with Gasteiger partial charge in [-0.25, -0.2) is 4.98 Å². The maximum atomic E-state index is 12.5. The van der Waals surface area contributed by atoms with Crippen LogP contribution in [0.2, 0.25) is 0 Å². The molecule has 6 nitrogen and oxygen atoms in total. The van der Waals surface area contributed by atoms with Crippen LogP contribution in [0.1, 0.15) is 37.7 Å². The van der Waals surface area contributed by atoms with E-state index in [-0.39, 0.29) is 17.7 Å². The maximum absolute atomic E-state index is 12.5. The molecule has 24 heavy (non-hydrogen) atoms. The summed E-state index contributed by atoms with van der Waals surface area (Å²) in [5.41, 5.74) is 1.06. The standard InChI is InChI=1S/C18H26N4O2/c1-13-6-7-16(20-11-13)21-18(24)14-4-3-9-22(12-14)17(23)10-15-5-2-8-19-15/h6-7,11,14-15,19H,2-5,8-10,12H2,1H3,(H,20,21,24). The molecule has 2 N–H and O–H groups in total. The molecule has 0 saturated carbocycles. The SMILES string of the molecule is Cc1ccc(NC(=O)C2CCCN(C(=O)CC3CCCN3)C2)nc1. The van der Waals surface area contributed by atoms with Crippen molar-refractivity contribution in [2.24, 2.45) is 5.92 Å². The van der Waals surface area contributed by atoms with E-state index >= 15 is 0 Å². The fraction of sp³-hybridized carbons (Fsp3) is 0.611. The number of piperidine rings is 1. The van der Waals surface area contributed by atoms with E-state index in [0.717, 1.165) is 44.3 Å². The number of aryl methyl sites for hydroxylation is 1. The van der Waals surface area contributed by atoms with E-state index in [4.69, 9.17) is 0 Å². The topological polar surface area (TPSA) is 74.3 Å². The van der Waals surface area contributed by atoms with Crippen LogP contribution in [0.3, 0.4) is 0 Å². The van der Waals surface area contributed by atoms with Crippen LogP contribution in [0.15, 0.2) is 18.3 Å². The van der Waals surface area contributed by atoms with Crippen molar-refractivity contribution in [3.63, 3.8) is 0 Å².